The molecule has 0 aromatic rings. The van der Waals surface area contributed by atoms with Crippen molar-refractivity contribution in [2.24, 2.45) is 0 Å². The van der Waals surface area contributed by atoms with Gasteiger partial charge in [0.15, 0.2) is 0 Å². The SMILES string of the molecule is CC(O)C#CBr. The summed E-state index contributed by atoms with van der Waals surface area (Å²) in [6.07, 6.45) is -0.510. The number of hydrogen-bond donors (Lipinski definition) is 1. The van der Waals surface area contributed by atoms with Crippen molar-refractivity contribution in [1.29, 1.82) is 0 Å². The largest absolute Gasteiger partial charge is 0.381 e. The van der Waals surface area contributed by atoms with E-state index in [2.05, 4.69) is 26.7 Å². The molecular weight excluding hydrogens is 144 g/mol. The lowest BCUT2D eigenvalue weighted by molar-refractivity contribution is 0.253. The average molecular weight is 149 g/mol. The molecule has 0 radical (unpaired) electrons. The summed E-state index contributed by atoms with van der Waals surface area (Å²) in [6, 6.07) is 0. The van der Waals surface area contributed by atoms with Gasteiger partial charge >= 0.3 is 0 Å². The molecule has 1 unspecified atom stereocenters. The molecule has 0 rings (SSSR count). The van der Waals surface area contributed by atoms with Crippen molar-refractivity contribution in [2.45, 2.75) is 13.0 Å². The van der Waals surface area contributed by atoms with Crippen LogP contribution in [0.5, 0.6) is 0 Å². The van der Waals surface area contributed by atoms with Gasteiger partial charge < -0.3 is 5.11 Å². The zero-order valence-corrected chi connectivity index (χ0v) is 4.99. The van der Waals surface area contributed by atoms with Gasteiger partial charge in [-0.1, -0.05) is 5.92 Å². The maximum absolute atomic E-state index is 8.35. The number of rotatable bonds is 0. The van der Waals surface area contributed by atoms with Gasteiger partial charge in [0.2, 0.25) is 0 Å². The molecule has 6 heavy (non-hydrogen) atoms. The fourth-order valence-electron chi connectivity index (χ4n) is 0.0790. The van der Waals surface area contributed by atoms with Crippen LogP contribution in [-0.4, -0.2) is 11.2 Å². The number of aliphatic hydroxyl groups is 1. The van der Waals surface area contributed by atoms with E-state index in [1.165, 1.54) is 0 Å². The van der Waals surface area contributed by atoms with Gasteiger partial charge in [0.1, 0.15) is 6.10 Å². The summed E-state index contributed by atoms with van der Waals surface area (Å²) >= 11 is 2.83. The Morgan fingerprint density at radius 3 is 2.33 bits per heavy atom. The van der Waals surface area contributed by atoms with Crippen molar-refractivity contribution in [3.63, 3.8) is 0 Å². The van der Waals surface area contributed by atoms with Gasteiger partial charge in [-0.25, -0.2) is 0 Å². The Balaban J connectivity index is 3.20. The van der Waals surface area contributed by atoms with Gasteiger partial charge in [-0.3, -0.25) is 0 Å². The molecule has 0 aromatic heterocycles. The van der Waals surface area contributed by atoms with Crippen molar-refractivity contribution < 1.29 is 5.11 Å². The quantitative estimate of drug-likeness (QED) is 0.503. The molecule has 2 heteroatoms. The van der Waals surface area contributed by atoms with Gasteiger partial charge in [-0.2, -0.15) is 0 Å². The van der Waals surface area contributed by atoms with Crippen LogP contribution >= 0.6 is 15.9 Å². The number of halogens is 1. The lowest BCUT2D eigenvalue weighted by Crippen LogP contribution is -1.90. The molecule has 34 valence electrons. The number of hydrogen-bond acceptors (Lipinski definition) is 1. The molecule has 0 saturated heterocycles. The zero-order valence-electron chi connectivity index (χ0n) is 3.40. The minimum Gasteiger partial charge on any atom is -0.381 e. The monoisotopic (exact) mass is 148 g/mol. The summed E-state index contributed by atoms with van der Waals surface area (Å²) in [6.45, 7) is 1.61. The maximum Gasteiger partial charge on any atom is 0.112 e. The van der Waals surface area contributed by atoms with E-state index in [0.717, 1.165) is 0 Å². The minimum atomic E-state index is -0.510. The first-order valence-electron chi connectivity index (χ1n) is 1.56. The molecular formula is C4H5BrO. The highest BCUT2D eigenvalue weighted by Crippen LogP contribution is 1.74. The summed E-state index contributed by atoms with van der Waals surface area (Å²) in [5, 5.41) is 8.35. The van der Waals surface area contributed by atoms with Crippen LogP contribution in [0.15, 0.2) is 0 Å². The zero-order chi connectivity index (χ0) is 4.99. The first-order valence-corrected chi connectivity index (χ1v) is 2.36. The van der Waals surface area contributed by atoms with Crippen molar-refractivity contribution >= 4 is 15.9 Å². The van der Waals surface area contributed by atoms with Crippen molar-refractivity contribution in [3.8, 4) is 10.8 Å². The van der Waals surface area contributed by atoms with Crippen molar-refractivity contribution in [2.75, 3.05) is 0 Å². The molecule has 0 fully saturated rings. The van der Waals surface area contributed by atoms with Crippen molar-refractivity contribution in [1.82, 2.24) is 0 Å². The maximum atomic E-state index is 8.35. The third-order valence-electron chi connectivity index (χ3n) is 0.263. The Hall–Kier alpha value is 0. The van der Waals surface area contributed by atoms with E-state index in [-0.39, 0.29) is 0 Å². The minimum absolute atomic E-state index is 0.510. The van der Waals surface area contributed by atoms with Gasteiger partial charge in [0.25, 0.3) is 0 Å². The lowest BCUT2D eigenvalue weighted by Gasteiger charge is -1.81. The Kier molecular flexibility index (Phi) is 3.20. The molecule has 0 aliphatic rings. The summed E-state index contributed by atoms with van der Waals surface area (Å²) in [5.74, 6) is 2.43. The average Bonchev–Trinajstić information content (AvgIpc) is 1.35. The van der Waals surface area contributed by atoms with E-state index in [1.807, 2.05) is 0 Å². The highest BCUT2D eigenvalue weighted by Gasteiger charge is 1.77. The van der Waals surface area contributed by atoms with E-state index >= 15 is 0 Å². The smallest absolute Gasteiger partial charge is 0.112 e. The normalized spacial score (nSPS) is 11.8. The Labute approximate surface area is 45.5 Å². The highest BCUT2D eigenvalue weighted by atomic mass is 79.9. The molecule has 0 spiro atoms. The van der Waals surface area contributed by atoms with Gasteiger partial charge in [-0.15, -0.1) is 0 Å². The lowest BCUT2D eigenvalue weighted by atomic mass is 10.4. The van der Waals surface area contributed by atoms with E-state index in [9.17, 15) is 0 Å². The number of aliphatic hydroxyl groups excluding tert-OH is 1. The molecule has 1 N–H and O–H groups in total. The fourth-order valence-corrected chi connectivity index (χ4v) is 0.410. The molecule has 0 aromatic carbocycles. The van der Waals surface area contributed by atoms with Gasteiger partial charge in [0.05, 0.1) is 0 Å². The Morgan fingerprint density at radius 1 is 1.83 bits per heavy atom. The van der Waals surface area contributed by atoms with Crippen LogP contribution in [0.2, 0.25) is 0 Å². The second-order valence-electron chi connectivity index (χ2n) is 0.915. The van der Waals surface area contributed by atoms with Crippen LogP contribution in [-0.2, 0) is 0 Å². The van der Waals surface area contributed by atoms with Crippen molar-refractivity contribution in [3.05, 3.63) is 0 Å². The van der Waals surface area contributed by atoms with E-state index in [1.54, 1.807) is 6.92 Å². The summed E-state index contributed by atoms with van der Waals surface area (Å²) < 4.78 is 0. The standard InChI is InChI=1S/C4H5BrO/c1-4(6)2-3-5/h4,6H,1H3. The summed E-state index contributed by atoms with van der Waals surface area (Å²) in [5.41, 5.74) is 0. The predicted molar refractivity (Wildman–Crippen MR) is 28.4 cm³/mol. The highest BCUT2D eigenvalue weighted by molar-refractivity contribution is 9.12. The Bertz CT molecular complexity index is 77.3. The third-order valence-corrected chi connectivity index (χ3v) is 0.492. The van der Waals surface area contributed by atoms with Crippen LogP contribution in [0.25, 0.3) is 0 Å². The topological polar surface area (TPSA) is 20.2 Å². The molecule has 0 aliphatic carbocycles. The van der Waals surface area contributed by atoms with Crippen LogP contribution in [0.3, 0.4) is 0 Å². The second kappa shape index (κ2) is 3.20. The predicted octanol–water partition coefficient (Wildman–Crippen LogP) is 0.723. The molecule has 1 nitrogen and oxygen atoms in total. The van der Waals surface area contributed by atoms with E-state index in [4.69, 9.17) is 5.11 Å². The van der Waals surface area contributed by atoms with E-state index < -0.39 is 6.10 Å². The molecule has 0 aliphatic heterocycles. The van der Waals surface area contributed by atoms with Gasteiger partial charge in [-0.05, 0) is 11.8 Å². The molecule has 0 bridgehead atoms. The van der Waals surface area contributed by atoms with Crippen LogP contribution in [0, 0.1) is 10.8 Å². The molecule has 0 saturated carbocycles. The third kappa shape index (κ3) is 4.00. The summed E-state index contributed by atoms with van der Waals surface area (Å²) in [4.78, 5) is 2.38. The van der Waals surface area contributed by atoms with Crippen LogP contribution < -0.4 is 0 Å². The molecule has 0 amide bonds. The second-order valence-corrected chi connectivity index (χ2v) is 1.31. The van der Waals surface area contributed by atoms with E-state index in [0.29, 0.717) is 0 Å². The summed E-state index contributed by atoms with van der Waals surface area (Å²) in [7, 11) is 0. The van der Waals surface area contributed by atoms with Crippen LogP contribution in [0.4, 0.5) is 0 Å². The molecule has 0 heterocycles. The fraction of sp³-hybridized carbons (Fsp3) is 0.500. The Morgan fingerprint density at radius 2 is 2.33 bits per heavy atom. The first kappa shape index (κ1) is 6.00. The molecule has 1 atom stereocenters. The van der Waals surface area contributed by atoms with Gasteiger partial charge in [0, 0.05) is 15.9 Å². The first-order chi connectivity index (χ1) is 2.77. The van der Waals surface area contributed by atoms with Crippen LogP contribution in [0.1, 0.15) is 6.92 Å².